The number of aliphatic hydroxyl groups is 2. The summed E-state index contributed by atoms with van der Waals surface area (Å²) in [5.74, 6) is 0. The van der Waals surface area contributed by atoms with E-state index in [4.69, 9.17) is 10.2 Å². The van der Waals surface area contributed by atoms with Crippen molar-refractivity contribution in [3.8, 4) is 0 Å². The first-order chi connectivity index (χ1) is 6.88. The van der Waals surface area contributed by atoms with Gasteiger partial charge in [-0.3, -0.25) is 5.04 Å². The molecular weight excluding hydrogens is 298 g/mol. The zero-order chi connectivity index (χ0) is 11.9. The molecule has 0 radical (unpaired) electrons. The summed E-state index contributed by atoms with van der Waals surface area (Å²) in [7, 11) is -4.71. The Morgan fingerprint density at radius 3 is 2.18 bits per heavy atom. The van der Waals surface area contributed by atoms with Gasteiger partial charge in [-0.05, 0) is 19.3 Å². The van der Waals surface area contributed by atoms with E-state index in [1.807, 2.05) is 0 Å². The Bertz CT molecular complexity index is 261. The number of rotatable bonds is 8. The van der Waals surface area contributed by atoms with Gasteiger partial charge in [-0.25, -0.2) is 8.42 Å². The van der Waals surface area contributed by atoms with Crippen LogP contribution in [0, 0.1) is 0 Å². The van der Waals surface area contributed by atoms with Crippen molar-refractivity contribution in [3.05, 3.63) is 0 Å². The van der Waals surface area contributed by atoms with Gasteiger partial charge in [0.1, 0.15) is 21.0 Å². The average molecular weight is 308 g/mol. The van der Waals surface area contributed by atoms with E-state index >= 15 is 0 Å². The van der Waals surface area contributed by atoms with Crippen molar-refractivity contribution in [1.82, 2.24) is 0 Å². The van der Waals surface area contributed by atoms with E-state index in [0.717, 1.165) is 0 Å². The third-order valence-electron chi connectivity index (χ3n) is 1.41. The molecule has 17 heavy (non-hydrogen) atoms. The van der Waals surface area contributed by atoms with Crippen LogP contribution >= 0.6 is 12.0 Å². The Morgan fingerprint density at radius 2 is 1.76 bits per heavy atom. The minimum atomic E-state index is -4.71. The van der Waals surface area contributed by atoms with Crippen molar-refractivity contribution < 1.29 is 96.9 Å². The summed E-state index contributed by atoms with van der Waals surface area (Å²) in [6.45, 7) is 0. The zero-order valence-corrected chi connectivity index (χ0v) is 15.1. The van der Waals surface area contributed by atoms with E-state index in [0.29, 0.717) is 12.0 Å². The number of hydrogen-bond donors (Lipinski definition) is 2. The van der Waals surface area contributed by atoms with Crippen LogP contribution in [0.3, 0.4) is 0 Å². The molecule has 2 unspecified atom stereocenters. The van der Waals surface area contributed by atoms with Crippen molar-refractivity contribution >= 4 is 22.2 Å². The van der Waals surface area contributed by atoms with Crippen LogP contribution in [0.1, 0.15) is 19.3 Å². The SMILES string of the molecule is O=S(=O)([O-])C(O)CCCC(O)SOO[O-].[Na+].[Na+]. The first-order valence-electron chi connectivity index (χ1n) is 3.80. The summed E-state index contributed by atoms with van der Waals surface area (Å²) in [4.78, 5) is 0. The first kappa shape index (κ1) is 24.1. The molecule has 0 amide bonds. The van der Waals surface area contributed by atoms with Gasteiger partial charge in [-0.1, -0.05) is 0 Å². The van der Waals surface area contributed by atoms with E-state index in [9.17, 15) is 18.2 Å². The number of aliphatic hydroxyl groups excluding tert-OH is 2. The monoisotopic (exact) mass is 308 g/mol. The largest absolute Gasteiger partial charge is 1.00 e. The third-order valence-corrected chi connectivity index (χ3v) is 2.91. The minimum Gasteiger partial charge on any atom is -0.746 e. The second-order valence-electron chi connectivity index (χ2n) is 2.57. The van der Waals surface area contributed by atoms with Crippen LogP contribution < -0.4 is 64.4 Å². The van der Waals surface area contributed by atoms with E-state index in [2.05, 4.69) is 9.37 Å². The predicted molar refractivity (Wildman–Crippen MR) is 45.3 cm³/mol. The Kier molecular flexibility index (Phi) is 18.5. The molecule has 2 atom stereocenters. The van der Waals surface area contributed by atoms with Crippen LogP contribution in [0.15, 0.2) is 0 Å². The second kappa shape index (κ2) is 13.1. The van der Waals surface area contributed by atoms with Gasteiger partial charge >= 0.3 is 59.1 Å². The van der Waals surface area contributed by atoms with Crippen molar-refractivity contribution in [2.24, 2.45) is 0 Å². The predicted octanol–water partition coefficient (Wildman–Crippen LogP) is -7.78. The molecule has 2 N–H and O–H groups in total. The van der Waals surface area contributed by atoms with Crippen molar-refractivity contribution in [3.63, 3.8) is 0 Å². The topological polar surface area (TPSA) is 139 Å². The first-order valence-corrected chi connectivity index (χ1v) is 6.08. The number of hydrogen-bond acceptors (Lipinski definition) is 9. The molecule has 0 spiro atoms. The molecule has 0 aliphatic carbocycles. The Morgan fingerprint density at radius 1 is 1.24 bits per heavy atom. The molecule has 0 aromatic carbocycles. The Labute approximate surface area is 147 Å². The minimum absolute atomic E-state index is 0. The van der Waals surface area contributed by atoms with Crippen molar-refractivity contribution in [2.75, 3.05) is 0 Å². The van der Waals surface area contributed by atoms with Crippen LogP contribution in [0.2, 0.25) is 0 Å². The Hall–Kier alpha value is 2.06. The summed E-state index contributed by atoms with van der Waals surface area (Å²) >= 11 is 0.347. The van der Waals surface area contributed by atoms with E-state index in [1.54, 1.807) is 0 Å². The van der Waals surface area contributed by atoms with Gasteiger partial charge in [0.05, 0.1) is 12.0 Å². The third kappa shape index (κ3) is 14.3. The normalized spacial score (nSPS) is 14.4. The molecule has 0 fully saturated rings. The Balaban J connectivity index is -0.000000980. The maximum Gasteiger partial charge on any atom is 1.00 e. The average Bonchev–Trinajstić information content (AvgIpc) is 2.13. The molecule has 0 aromatic rings. The fourth-order valence-corrected chi connectivity index (χ4v) is 1.56. The van der Waals surface area contributed by atoms with Gasteiger partial charge in [0.15, 0.2) is 0 Å². The van der Waals surface area contributed by atoms with Gasteiger partial charge < -0.3 is 20.0 Å². The van der Waals surface area contributed by atoms with Crippen LogP contribution in [-0.2, 0) is 19.5 Å². The van der Waals surface area contributed by atoms with E-state index in [-0.39, 0.29) is 78.4 Å². The molecule has 0 aliphatic rings. The maximum atomic E-state index is 10.2. The van der Waals surface area contributed by atoms with Crippen molar-refractivity contribution in [1.29, 1.82) is 0 Å². The van der Waals surface area contributed by atoms with Crippen LogP contribution in [0.4, 0.5) is 0 Å². The van der Waals surface area contributed by atoms with Gasteiger partial charge in [0.25, 0.3) is 0 Å². The summed E-state index contributed by atoms with van der Waals surface area (Å²) in [6.07, 6.45) is -0.165. The molecular formula is C5H10Na2O8S2. The van der Waals surface area contributed by atoms with Gasteiger partial charge in [0, 0.05) is 0 Å². The molecule has 0 heterocycles. The smallest absolute Gasteiger partial charge is 0.746 e. The summed E-state index contributed by atoms with van der Waals surface area (Å²) < 4.78 is 34.4. The molecule has 8 nitrogen and oxygen atoms in total. The van der Waals surface area contributed by atoms with Gasteiger partial charge in [-0.2, -0.15) is 4.33 Å². The maximum absolute atomic E-state index is 10.2. The second-order valence-corrected chi connectivity index (χ2v) is 4.97. The zero-order valence-electron chi connectivity index (χ0n) is 9.44. The molecule has 0 aromatic heterocycles. The van der Waals surface area contributed by atoms with E-state index in [1.165, 1.54) is 0 Å². The van der Waals surface area contributed by atoms with E-state index < -0.39 is 21.0 Å². The molecule has 0 aliphatic heterocycles. The quantitative estimate of drug-likeness (QED) is 0.112. The van der Waals surface area contributed by atoms with Gasteiger partial charge in [0.2, 0.25) is 0 Å². The van der Waals surface area contributed by atoms with Crippen LogP contribution in [0.25, 0.3) is 0 Å². The molecule has 0 saturated heterocycles. The summed E-state index contributed by atoms with van der Waals surface area (Å²) in [5, 5.41) is 30.1. The molecule has 0 saturated carbocycles. The molecule has 12 heteroatoms. The fourth-order valence-electron chi connectivity index (χ4n) is 0.721. The van der Waals surface area contributed by atoms with Crippen LogP contribution in [0.5, 0.6) is 0 Å². The van der Waals surface area contributed by atoms with Crippen LogP contribution in [-0.4, -0.2) is 34.1 Å². The molecule has 0 rings (SSSR count). The summed E-state index contributed by atoms with van der Waals surface area (Å²) in [5.41, 5.74) is -3.08. The standard InChI is InChI=1S/C5H12O8S2.2Na/c6-4(14-13-12-8)2-1-3-5(7)15(9,10)11;;/h4-8H,1-3H2,(H,9,10,11);;/q;2*+1/p-2. The fraction of sp³-hybridized carbons (Fsp3) is 1.00. The van der Waals surface area contributed by atoms with Crippen molar-refractivity contribution in [2.45, 2.75) is 30.1 Å². The molecule has 0 bridgehead atoms. The molecule has 92 valence electrons. The van der Waals surface area contributed by atoms with Gasteiger partial charge in [-0.15, -0.1) is 0 Å². The summed E-state index contributed by atoms with van der Waals surface area (Å²) in [6, 6.07) is 0.